The van der Waals surface area contributed by atoms with Crippen LogP contribution in [0.3, 0.4) is 0 Å². The Balaban J connectivity index is 2.01. The third kappa shape index (κ3) is 2.19. The van der Waals surface area contributed by atoms with E-state index in [1.54, 1.807) is 0 Å². The lowest BCUT2D eigenvalue weighted by Gasteiger charge is -2.64. The number of fused-ring (bicyclic) bond motifs is 2. The van der Waals surface area contributed by atoms with E-state index in [0.29, 0.717) is 15.5 Å². The van der Waals surface area contributed by atoms with Gasteiger partial charge in [0.15, 0.2) is 5.79 Å². The largest absolute Gasteiger partial charge is 0.347 e. The molecule has 0 aromatic rings. The molecule has 0 saturated carbocycles. The lowest BCUT2D eigenvalue weighted by Crippen LogP contribution is -2.57. The second kappa shape index (κ2) is 4.18. The Morgan fingerprint density at radius 3 is 1.79 bits per heavy atom. The maximum absolute atomic E-state index is 6.10. The van der Waals surface area contributed by atoms with Crippen LogP contribution in [0.1, 0.15) is 66.7 Å². The topological polar surface area (TPSA) is 18.5 Å². The molecule has 0 aromatic carbocycles. The van der Waals surface area contributed by atoms with E-state index in [-0.39, 0.29) is 13.7 Å². The summed E-state index contributed by atoms with van der Waals surface area (Å²) in [5, 5.41) is 1.30. The van der Waals surface area contributed by atoms with E-state index < -0.39 is 0 Å². The number of ether oxygens (including phenoxy) is 2. The fraction of sp³-hybridized carbons (Fsp3) is 1.00. The minimum atomic E-state index is -0.242. The van der Waals surface area contributed by atoms with Gasteiger partial charge in [0, 0.05) is 12.8 Å². The first-order chi connectivity index (χ1) is 8.69. The minimum Gasteiger partial charge on any atom is -0.347 e. The Morgan fingerprint density at radius 2 is 1.37 bits per heavy atom. The second-order valence-corrected chi connectivity index (χ2v) is 12.5. The summed E-state index contributed by atoms with van der Waals surface area (Å²) in [6, 6.07) is 0. The van der Waals surface area contributed by atoms with Crippen LogP contribution in [-0.2, 0) is 9.47 Å². The summed E-state index contributed by atoms with van der Waals surface area (Å²) in [4.78, 5) is 0. The maximum Gasteiger partial charge on any atom is 0.170 e. The molecule has 2 bridgehead atoms. The summed E-state index contributed by atoms with van der Waals surface area (Å²) in [5.74, 6) is -0.242. The lowest BCUT2D eigenvalue weighted by molar-refractivity contribution is -0.184. The van der Waals surface area contributed by atoms with Gasteiger partial charge < -0.3 is 9.47 Å². The molecule has 3 saturated heterocycles. The van der Waals surface area contributed by atoms with Crippen LogP contribution in [0.25, 0.3) is 0 Å². The molecule has 0 radical (unpaired) electrons. The first-order valence-corrected chi connectivity index (χ1v) is 9.12. The Bertz CT molecular complexity index is 347. The van der Waals surface area contributed by atoms with Crippen molar-refractivity contribution in [3.8, 4) is 0 Å². The van der Waals surface area contributed by atoms with E-state index in [4.69, 9.17) is 9.47 Å². The molecule has 0 aliphatic carbocycles. The van der Waals surface area contributed by atoms with Crippen LogP contribution in [0.15, 0.2) is 0 Å². The molecule has 0 aromatic heterocycles. The van der Waals surface area contributed by atoms with Gasteiger partial charge in [-0.05, 0) is 28.3 Å². The monoisotopic (exact) mass is 284 g/mol. The summed E-state index contributed by atoms with van der Waals surface area (Å²) in [6.45, 7) is 14.0. The molecule has 2 unspecified atom stereocenters. The second-order valence-electron chi connectivity index (χ2n) is 8.31. The van der Waals surface area contributed by atoms with Gasteiger partial charge in [-0.1, -0.05) is 49.0 Å². The van der Waals surface area contributed by atoms with E-state index in [9.17, 15) is 0 Å². The quantitative estimate of drug-likeness (QED) is 0.610. The average Bonchev–Trinajstić information content (AvgIpc) is 2.59. The lowest BCUT2D eigenvalue weighted by atomic mass is 9.81. The molecule has 3 fully saturated rings. The third-order valence-electron chi connectivity index (χ3n) is 5.30. The highest BCUT2D eigenvalue weighted by Gasteiger charge is 2.63. The molecule has 2 atom stereocenters. The van der Waals surface area contributed by atoms with Crippen molar-refractivity contribution in [3.63, 3.8) is 0 Å². The van der Waals surface area contributed by atoms with Gasteiger partial charge in [0.2, 0.25) is 0 Å². The van der Waals surface area contributed by atoms with Crippen molar-refractivity contribution in [2.24, 2.45) is 0 Å². The van der Waals surface area contributed by atoms with Gasteiger partial charge in [-0.2, -0.15) is 0 Å². The predicted molar refractivity (Wildman–Crippen MR) is 81.2 cm³/mol. The van der Waals surface area contributed by atoms with E-state index in [1.807, 2.05) is 0 Å². The van der Waals surface area contributed by atoms with Crippen LogP contribution in [0.4, 0.5) is 0 Å². The summed E-state index contributed by atoms with van der Waals surface area (Å²) in [5.41, 5.74) is 0. The van der Waals surface area contributed by atoms with Crippen LogP contribution >= 0.6 is 7.92 Å². The van der Waals surface area contributed by atoms with E-state index in [2.05, 4.69) is 34.6 Å². The summed E-state index contributed by atoms with van der Waals surface area (Å²) in [7, 11) is -0.0169. The average molecular weight is 284 g/mol. The zero-order chi connectivity index (χ0) is 13.9. The first-order valence-electron chi connectivity index (χ1n) is 7.78. The van der Waals surface area contributed by atoms with Gasteiger partial charge in [0.05, 0.1) is 13.2 Å². The van der Waals surface area contributed by atoms with Crippen LogP contribution in [-0.4, -0.2) is 34.5 Å². The third-order valence-corrected chi connectivity index (χ3v) is 9.56. The first kappa shape index (κ1) is 14.3. The predicted octanol–water partition coefficient (Wildman–Crippen LogP) is 4.51. The number of hydrogen-bond donors (Lipinski definition) is 0. The highest BCUT2D eigenvalue weighted by atomic mass is 31.1. The van der Waals surface area contributed by atoms with Gasteiger partial charge in [0.25, 0.3) is 0 Å². The molecule has 110 valence electrons. The van der Waals surface area contributed by atoms with Crippen LogP contribution in [0, 0.1) is 0 Å². The van der Waals surface area contributed by atoms with E-state index in [1.165, 1.54) is 19.3 Å². The fourth-order valence-corrected chi connectivity index (χ4v) is 11.7. The van der Waals surface area contributed by atoms with Crippen molar-refractivity contribution < 1.29 is 9.47 Å². The summed E-state index contributed by atoms with van der Waals surface area (Å²) >= 11 is 0. The molecular weight excluding hydrogens is 255 g/mol. The zero-order valence-electron chi connectivity index (χ0n) is 13.2. The SMILES string of the molecule is CC(C)(C)P1C2(C)CCCC1(C)CC1(C2)OCCO1. The molecule has 0 N–H and O–H groups in total. The van der Waals surface area contributed by atoms with Crippen LogP contribution in [0.5, 0.6) is 0 Å². The zero-order valence-corrected chi connectivity index (χ0v) is 14.1. The molecule has 3 heterocycles. The van der Waals surface area contributed by atoms with Gasteiger partial charge in [-0.15, -0.1) is 0 Å². The summed E-state index contributed by atoms with van der Waals surface area (Å²) < 4.78 is 12.2. The molecule has 1 spiro atoms. The Kier molecular flexibility index (Phi) is 3.15. The maximum atomic E-state index is 6.10. The van der Waals surface area contributed by atoms with Crippen molar-refractivity contribution in [2.75, 3.05) is 13.2 Å². The molecule has 19 heavy (non-hydrogen) atoms. The van der Waals surface area contributed by atoms with Crippen molar-refractivity contribution in [3.05, 3.63) is 0 Å². The minimum absolute atomic E-state index is 0.0169. The van der Waals surface area contributed by atoms with E-state index in [0.717, 1.165) is 26.1 Å². The van der Waals surface area contributed by atoms with Gasteiger partial charge >= 0.3 is 0 Å². The van der Waals surface area contributed by atoms with E-state index >= 15 is 0 Å². The van der Waals surface area contributed by atoms with Crippen LogP contribution in [0.2, 0.25) is 0 Å². The molecular formula is C16H29O2P. The molecule has 3 aliphatic heterocycles. The molecule has 0 amide bonds. The molecule has 3 rings (SSSR count). The van der Waals surface area contributed by atoms with Crippen LogP contribution < -0.4 is 0 Å². The highest BCUT2D eigenvalue weighted by molar-refractivity contribution is 7.62. The van der Waals surface area contributed by atoms with Crippen molar-refractivity contribution >= 4 is 7.92 Å². The standard InChI is InChI=1S/C16H29O2P/c1-13(2,3)19-14(4)7-6-8-15(19,5)12-16(11-14)17-9-10-18-16/h6-12H2,1-5H3. The number of rotatable bonds is 0. The van der Waals surface area contributed by atoms with Gasteiger partial charge in [0.1, 0.15) is 0 Å². The van der Waals surface area contributed by atoms with Gasteiger partial charge in [-0.3, -0.25) is 0 Å². The van der Waals surface area contributed by atoms with Crippen molar-refractivity contribution in [2.45, 2.75) is 88.0 Å². The fourth-order valence-electron chi connectivity index (χ4n) is 5.60. The smallest absolute Gasteiger partial charge is 0.170 e. The Labute approximate surface area is 119 Å². The number of hydrogen-bond acceptors (Lipinski definition) is 2. The molecule has 3 heteroatoms. The normalized spacial score (nSPS) is 45.6. The molecule has 2 nitrogen and oxygen atoms in total. The highest BCUT2D eigenvalue weighted by Crippen LogP contribution is 2.78. The summed E-state index contributed by atoms with van der Waals surface area (Å²) in [6.07, 6.45) is 6.36. The van der Waals surface area contributed by atoms with Crippen molar-refractivity contribution in [1.29, 1.82) is 0 Å². The molecule has 3 aliphatic rings. The Hall–Kier alpha value is 0.350. The van der Waals surface area contributed by atoms with Gasteiger partial charge in [-0.25, -0.2) is 0 Å². The Morgan fingerprint density at radius 1 is 0.895 bits per heavy atom. The van der Waals surface area contributed by atoms with Crippen molar-refractivity contribution in [1.82, 2.24) is 0 Å².